The summed E-state index contributed by atoms with van der Waals surface area (Å²) < 4.78 is 7.44. The zero-order valence-corrected chi connectivity index (χ0v) is 14.6. The van der Waals surface area contributed by atoms with Gasteiger partial charge in [-0.3, -0.25) is 0 Å². The first-order valence-electron chi connectivity index (χ1n) is 7.34. The molecule has 0 atom stereocenters. The molecule has 4 nitrogen and oxygen atoms in total. The van der Waals surface area contributed by atoms with Crippen molar-refractivity contribution in [1.82, 2.24) is 9.78 Å². The minimum Gasteiger partial charge on any atom is -0.466 e. The summed E-state index contributed by atoms with van der Waals surface area (Å²) >= 11 is 3.48. The molecular formula is C19H15BrN2O2. The third-order valence-corrected chi connectivity index (χ3v) is 3.95. The van der Waals surface area contributed by atoms with Crippen LogP contribution in [-0.4, -0.2) is 22.9 Å². The normalized spacial score (nSPS) is 10.9. The van der Waals surface area contributed by atoms with Crippen molar-refractivity contribution in [3.63, 3.8) is 0 Å². The summed E-state index contributed by atoms with van der Waals surface area (Å²) in [7, 11) is 1.36. The number of aromatic nitrogens is 2. The highest BCUT2D eigenvalue weighted by atomic mass is 79.9. The molecule has 24 heavy (non-hydrogen) atoms. The number of hydrogen-bond acceptors (Lipinski definition) is 3. The number of methoxy groups -OCH3 is 1. The van der Waals surface area contributed by atoms with Gasteiger partial charge >= 0.3 is 5.97 Å². The number of nitrogens with zero attached hydrogens (tertiary/aromatic N) is 2. The molecule has 5 heteroatoms. The summed E-state index contributed by atoms with van der Waals surface area (Å²) in [5.41, 5.74) is 3.54. The molecule has 0 spiro atoms. The Hall–Kier alpha value is -2.66. The molecule has 0 amide bonds. The standard InChI is InChI=1S/C19H15BrN2O2/c1-24-18(23)11-10-15-13-22(17-8-3-2-4-9-17)21-19(15)14-6-5-7-16(20)12-14/h2-13H,1H3/b11-10-. The Bertz CT molecular complexity index is 885. The van der Waals surface area contributed by atoms with E-state index in [1.807, 2.05) is 60.8 Å². The number of esters is 1. The van der Waals surface area contributed by atoms with Gasteiger partial charge in [-0.05, 0) is 30.3 Å². The van der Waals surface area contributed by atoms with Gasteiger partial charge in [-0.2, -0.15) is 5.10 Å². The molecule has 0 aliphatic rings. The second-order valence-corrected chi connectivity index (χ2v) is 6.00. The summed E-state index contributed by atoms with van der Waals surface area (Å²) in [5.74, 6) is -0.400. The number of halogens is 1. The summed E-state index contributed by atoms with van der Waals surface area (Å²) in [6.07, 6.45) is 5.01. The lowest BCUT2D eigenvalue weighted by Crippen LogP contribution is -1.93. The van der Waals surface area contributed by atoms with Gasteiger partial charge in [0.1, 0.15) is 0 Å². The van der Waals surface area contributed by atoms with Crippen LogP contribution in [0.1, 0.15) is 5.56 Å². The number of rotatable bonds is 4. The Morgan fingerprint density at radius 1 is 1.17 bits per heavy atom. The number of para-hydroxylation sites is 1. The lowest BCUT2D eigenvalue weighted by atomic mass is 10.1. The quantitative estimate of drug-likeness (QED) is 0.493. The Balaban J connectivity index is 2.09. The smallest absolute Gasteiger partial charge is 0.330 e. The fraction of sp³-hybridized carbons (Fsp3) is 0.0526. The molecule has 120 valence electrons. The second-order valence-electron chi connectivity index (χ2n) is 5.08. The molecule has 0 aliphatic heterocycles. The Kier molecular flexibility index (Phi) is 4.91. The van der Waals surface area contributed by atoms with E-state index in [1.165, 1.54) is 13.2 Å². The van der Waals surface area contributed by atoms with Gasteiger partial charge in [0.25, 0.3) is 0 Å². The summed E-state index contributed by atoms with van der Waals surface area (Å²) in [6, 6.07) is 17.7. The van der Waals surface area contributed by atoms with Crippen molar-refractivity contribution in [2.75, 3.05) is 7.11 Å². The number of carbonyl (C=O) groups excluding carboxylic acids is 1. The molecule has 1 aromatic heterocycles. The fourth-order valence-electron chi connectivity index (χ4n) is 2.31. The summed E-state index contributed by atoms with van der Waals surface area (Å²) in [6.45, 7) is 0. The number of carbonyl (C=O) groups is 1. The van der Waals surface area contributed by atoms with Gasteiger partial charge in [0, 0.05) is 27.9 Å². The van der Waals surface area contributed by atoms with Crippen LogP contribution in [0.15, 0.2) is 71.3 Å². The lowest BCUT2D eigenvalue weighted by Gasteiger charge is -2.01. The fourth-order valence-corrected chi connectivity index (χ4v) is 2.71. The van der Waals surface area contributed by atoms with Crippen molar-refractivity contribution >= 4 is 28.0 Å². The van der Waals surface area contributed by atoms with Crippen LogP contribution in [0.2, 0.25) is 0 Å². The highest BCUT2D eigenvalue weighted by molar-refractivity contribution is 9.10. The van der Waals surface area contributed by atoms with E-state index < -0.39 is 5.97 Å². The van der Waals surface area contributed by atoms with E-state index in [0.717, 1.165) is 27.0 Å². The van der Waals surface area contributed by atoms with Crippen molar-refractivity contribution < 1.29 is 9.53 Å². The Morgan fingerprint density at radius 2 is 1.96 bits per heavy atom. The summed E-state index contributed by atoms with van der Waals surface area (Å²) in [4.78, 5) is 11.4. The monoisotopic (exact) mass is 382 g/mol. The van der Waals surface area contributed by atoms with Gasteiger partial charge in [0.15, 0.2) is 0 Å². The van der Waals surface area contributed by atoms with Crippen LogP contribution in [0, 0.1) is 0 Å². The minimum atomic E-state index is -0.400. The van der Waals surface area contributed by atoms with E-state index in [0.29, 0.717) is 0 Å². The van der Waals surface area contributed by atoms with Gasteiger partial charge < -0.3 is 4.74 Å². The van der Waals surface area contributed by atoms with Crippen molar-refractivity contribution in [3.8, 4) is 16.9 Å². The largest absolute Gasteiger partial charge is 0.466 e. The highest BCUT2D eigenvalue weighted by Gasteiger charge is 2.11. The maximum Gasteiger partial charge on any atom is 0.330 e. The van der Waals surface area contributed by atoms with Crippen molar-refractivity contribution in [1.29, 1.82) is 0 Å². The molecule has 0 aliphatic carbocycles. The van der Waals surface area contributed by atoms with Gasteiger partial charge in [-0.1, -0.05) is 46.3 Å². The van der Waals surface area contributed by atoms with E-state index in [4.69, 9.17) is 0 Å². The van der Waals surface area contributed by atoms with Gasteiger partial charge in [-0.25, -0.2) is 9.48 Å². The SMILES string of the molecule is COC(=O)/C=C\c1cn(-c2ccccc2)nc1-c1cccc(Br)c1. The third-order valence-electron chi connectivity index (χ3n) is 3.46. The van der Waals surface area contributed by atoms with E-state index in [2.05, 4.69) is 25.8 Å². The average molecular weight is 383 g/mol. The van der Waals surface area contributed by atoms with Crippen LogP contribution in [-0.2, 0) is 9.53 Å². The molecule has 0 saturated carbocycles. The summed E-state index contributed by atoms with van der Waals surface area (Å²) in [5, 5.41) is 4.69. The number of ether oxygens (including phenoxy) is 1. The first kappa shape index (κ1) is 16.2. The van der Waals surface area contributed by atoms with E-state index in [1.54, 1.807) is 10.8 Å². The Labute approximate surface area is 148 Å². The molecule has 0 saturated heterocycles. The molecule has 1 heterocycles. The average Bonchev–Trinajstić information content (AvgIpc) is 3.04. The van der Waals surface area contributed by atoms with Crippen LogP contribution >= 0.6 is 15.9 Å². The highest BCUT2D eigenvalue weighted by Crippen LogP contribution is 2.27. The second kappa shape index (κ2) is 7.27. The molecule has 0 N–H and O–H groups in total. The molecule has 0 fully saturated rings. The van der Waals surface area contributed by atoms with E-state index in [9.17, 15) is 4.79 Å². The first-order valence-corrected chi connectivity index (χ1v) is 8.14. The molecule has 0 bridgehead atoms. The predicted octanol–water partition coefficient (Wildman–Crippen LogP) is 4.49. The van der Waals surface area contributed by atoms with Gasteiger partial charge in [0.05, 0.1) is 18.5 Å². The topological polar surface area (TPSA) is 44.1 Å². The Morgan fingerprint density at radius 3 is 2.67 bits per heavy atom. The van der Waals surface area contributed by atoms with E-state index in [-0.39, 0.29) is 0 Å². The van der Waals surface area contributed by atoms with Crippen molar-refractivity contribution in [3.05, 3.63) is 76.9 Å². The van der Waals surface area contributed by atoms with Gasteiger partial charge in [-0.15, -0.1) is 0 Å². The van der Waals surface area contributed by atoms with E-state index >= 15 is 0 Å². The molecule has 0 unspecified atom stereocenters. The van der Waals surface area contributed by atoms with Gasteiger partial charge in [0.2, 0.25) is 0 Å². The zero-order valence-electron chi connectivity index (χ0n) is 13.0. The van der Waals surface area contributed by atoms with Crippen LogP contribution in [0.4, 0.5) is 0 Å². The number of benzene rings is 2. The number of hydrogen-bond donors (Lipinski definition) is 0. The maximum absolute atomic E-state index is 11.4. The van der Waals surface area contributed by atoms with Crippen molar-refractivity contribution in [2.24, 2.45) is 0 Å². The predicted molar refractivity (Wildman–Crippen MR) is 97.8 cm³/mol. The van der Waals surface area contributed by atoms with Crippen LogP contribution in [0.3, 0.4) is 0 Å². The van der Waals surface area contributed by atoms with Crippen LogP contribution in [0.5, 0.6) is 0 Å². The van der Waals surface area contributed by atoms with Crippen LogP contribution in [0.25, 0.3) is 23.0 Å². The molecule has 3 aromatic rings. The lowest BCUT2D eigenvalue weighted by molar-refractivity contribution is -0.134. The van der Waals surface area contributed by atoms with Crippen LogP contribution < -0.4 is 0 Å². The maximum atomic E-state index is 11.4. The minimum absolute atomic E-state index is 0.400. The molecule has 2 aromatic carbocycles. The molecule has 3 rings (SSSR count). The third kappa shape index (κ3) is 3.63. The zero-order chi connectivity index (χ0) is 16.9. The van der Waals surface area contributed by atoms with Crippen molar-refractivity contribution in [2.45, 2.75) is 0 Å². The molecule has 0 radical (unpaired) electrons. The first-order chi connectivity index (χ1) is 11.7. The molecular weight excluding hydrogens is 368 g/mol.